The lowest BCUT2D eigenvalue weighted by Gasteiger charge is -2.24. The summed E-state index contributed by atoms with van der Waals surface area (Å²) in [6.07, 6.45) is 11.5. The standard InChI is InChI=1S/C22H37O5P3S/c1-15-16(12-13-31-15)8-9-17(25-28)10-11-19-18(20(26-29)14-21(19)27-30)6-4-2-3-5-7-22(23)24/h10-13,17-21H,2-9,14,28-30H2,1H3,(H,23,24)/b11-10+/t17-,18+,19+,20-,21+/m0/s1/i28T,30T/t17-,18+,19+,20-,21+,28?,30?. The Labute approximate surface area is 200 Å². The highest BCUT2D eigenvalue weighted by Gasteiger charge is 2.42. The van der Waals surface area contributed by atoms with Crippen molar-refractivity contribution >= 4 is 45.6 Å². The van der Waals surface area contributed by atoms with Gasteiger partial charge < -0.3 is 18.7 Å². The topological polar surface area (TPSA) is 65.0 Å². The number of hydrogen-bond donors (Lipinski definition) is 1. The largest absolute Gasteiger partial charge is 0.481 e. The van der Waals surface area contributed by atoms with E-state index in [9.17, 15) is 4.79 Å². The number of carboxylic acid groups (broad SMARTS) is 1. The molecule has 0 radical (unpaired) electrons. The molecule has 8 atom stereocenters. The lowest BCUT2D eigenvalue weighted by molar-refractivity contribution is -0.137. The van der Waals surface area contributed by atoms with Crippen LogP contribution in [0.5, 0.6) is 0 Å². The molecule has 9 heteroatoms. The van der Waals surface area contributed by atoms with E-state index >= 15 is 0 Å². The molecule has 0 aliphatic heterocycles. The normalized spacial score (nSPS) is 26.4. The molecular formula is C22H37O5P3S. The fourth-order valence-electron chi connectivity index (χ4n) is 4.44. The molecule has 3 unspecified atom stereocenters. The number of unbranched alkanes of at least 4 members (excludes halogenated alkanes) is 3. The van der Waals surface area contributed by atoms with E-state index in [4.69, 9.17) is 21.2 Å². The number of hydrogen-bond acceptors (Lipinski definition) is 5. The van der Waals surface area contributed by atoms with E-state index in [1.165, 1.54) is 10.4 Å². The summed E-state index contributed by atoms with van der Waals surface area (Å²) >= 11 is 1.75. The molecule has 1 aliphatic carbocycles. The van der Waals surface area contributed by atoms with Gasteiger partial charge in [-0.25, -0.2) is 0 Å². The van der Waals surface area contributed by atoms with Gasteiger partial charge in [0.15, 0.2) is 0 Å². The van der Waals surface area contributed by atoms with E-state index in [1.807, 2.05) is 0 Å². The van der Waals surface area contributed by atoms with Crippen LogP contribution >= 0.6 is 39.6 Å². The van der Waals surface area contributed by atoms with E-state index < -0.39 is 5.97 Å². The molecule has 0 aromatic carbocycles. The molecule has 1 fully saturated rings. The van der Waals surface area contributed by atoms with Crippen LogP contribution in [-0.2, 0) is 24.8 Å². The number of aryl methyl sites for hydroxylation is 2. The molecule has 5 nitrogen and oxygen atoms in total. The SMILES string of the molecule is [3H]PO[C@H](/C=C/[C@@H]1[C@@H](CCCCCCC(=O)O)[C@@H](OP)C[C@H]1OP[3H])CCc1ccsc1C. The fraction of sp³-hybridized carbons (Fsp3) is 0.682. The van der Waals surface area contributed by atoms with Gasteiger partial charge in [0.2, 0.25) is 0 Å². The zero-order valence-electron chi connectivity index (χ0n) is 20.1. The van der Waals surface area contributed by atoms with Gasteiger partial charge >= 0.3 is 5.97 Å². The fourth-order valence-corrected chi connectivity index (χ4v) is 5.96. The minimum atomic E-state index is -0.733. The average Bonchev–Trinajstić information content (AvgIpc) is 3.35. The van der Waals surface area contributed by atoms with Crippen molar-refractivity contribution in [1.82, 2.24) is 0 Å². The number of carbonyl (C=O) groups is 1. The third-order valence-electron chi connectivity index (χ3n) is 6.23. The second-order valence-corrected chi connectivity index (χ2v) is 10.1. The number of aliphatic carboxylic acids is 1. The van der Waals surface area contributed by atoms with Crippen molar-refractivity contribution in [3.8, 4) is 0 Å². The number of thiophene rings is 1. The van der Waals surface area contributed by atoms with Gasteiger partial charge in [0.05, 0.1) is 20.9 Å². The van der Waals surface area contributed by atoms with Crippen LogP contribution in [0.4, 0.5) is 0 Å². The van der Waals surface area contributed by atoms with Crippen LogP contribution in [0.2, 0.25) is 0 Å². The van der Waals surface area contributed by atoms with Crippen LogP contribution in [0.15, 0.2) is 23.6 Å². The number of carboxylic acids is 1. The van der Waals surface area contributed by atoms with Gasteiger partial charge in [-0.3, -0.25) is 4.79 Å². The summed E-state index contributed by atoms with van der Waals surface area (Å²) in [4.78, 5) is 12.0. The molecule has 2 rings (SSSR count). The predicted molar refractivity (Wildman–Crippen MR) is 137 cm³/mol. The van der Waals surface area contributed by atoms with Crippen molar-refractivity contribution in [3.05, 3.63) is 34.0 Å². The summed E-state index contributed by atoms with van der Waals surface area (Å²) in [5, 5.41) is 10.9. The van der Waals surface area contributed by atoms with Crippen LogP contribution in [0.1, 0.15) is 61.8 Å². The summed E-state index contributed by atoms with van der Waals surface area (Å²) in [7, 11) is 1.75. The van der Waals surface area contributed by atoms with E-state index in [-0.39, 0.29) is 55.4 Å². The Balaban J connectivity index is 1.99. The maximum Gasteiger partial charge on any atom is 0.303 e. The molecule has 1 heterocycles. The first-order valence-corrected chi connectivity index (χ1v) is 13.1. The minimum absolute atomic E-state index is 0.0518. The molecule has 1 aromatic heterocycles. The van der Waals surface area contributed by atoms with E-state index in [0.717, 1.165) is 51.4 Å². The summed E-state index contributed by atoms with van der Waals surface area (Å²) in [5.74, 6) is -0.323. The smallest absolute Gasteiger partial charge is 0.303 e. The first kappa shape index (κ1) is 24.2. The third kappa shape index (κ3) is 9.09. The Bertz CT molecular complexity index is 724. The molecular weight excluding hydrogens is 469 g/mol. The Morgan fingerprint density at radius 2 is 2.16 bits per heavy atom. The Morgan fingerprint density at radius 1 is 1.32 bits per heavy atom. The molecule has 0 spiro atoms. The Morgan fingerprint density at radius 3 is 2.84 bits per heavy atom. The molecule has 0 saturated heterocycles. The van der Waals surface area contributed by atoms with Gasteiger partial charge in [0.1, 0.15) is 0 Å². The second kappa shape index (κ2) is 15.1. The highest BCUT2D eigenvalue weighted by Crippen LogP contribution is 2.42. The van der Waals surface area contributed by atoms with E-state index in [0.29, 0.717) is 0 Å². The van der Waals surface area contributed by atoms with Crippen molar-refractivity contribution in [2.45, 2.75) is 83.0 Å². The molecule has 176 valence electrons. The maximum absolute atomic E-state index is 10.7. The van der Waals surface area contributed by atoms with Crippen molar-refractivity contribution in [2.75, 3.05) is 0 Å². The van der Waals surface area contributed by atoms with Gasteiger partial charge in [0.25, 0.3) is 0 Å². The summed E-state index contributed by atoms with van der Waals surface area (Å²) < 4.78 is 32.4. The lowest BCUT2D eigenvalue weighted by Crippen LogP contribution is -2.21. The van der Waals surface area contributed by atoms with Crippen molar-refractivity contribution in [2.24, 2.45) is 11.8 Å². The van der Waals surface area contributed by atoms with Gasteiger partial charge in [0, 0.05) is 51.9 Å². The highest BCUT2D eigenvalue weighted by atomic mass is 32.1. The summed E-state index contributed by atoms with van der Waals surface area (Å²) in [6.45, 7) is 2.13. The highest BCUT2D eigenvalue weighted by molar-refractivity contribution is 7.10. The van der Waals surface area contributed by atoms with Crippen molar-refractivity contribution in [3.63, 3.8) is 0 Å². The van der Waals surface area contributed by atoms with Gasteiger partial charge in [-0.15, -0.1) is 11.3 Å². The summed E-state index contributed by atoms with van der Waals surface area (Å²) in [5.41, 5.74) is 1.34. The van der Waals surface area contributed by atoms with Crippen LogP contribution in [0.3, 0.4) is 0 Å². The Kier molecular flexibility index (Phi) is 11.8. The summed E-state index contributed by atoms with van der Waals surface area (Å²) in [6, 6.07) is 2.16. The number of rotatable bonds is 17. The molecule has 1 N–H and O–H groups in total. The van der Waals surface area contributed by atoms with Crippen molar-refractivity contribution < 1.29 is 23.5 Å². The van der Waals surface area contributed by atoms with Crippen LogP contribution < -0.4 is 0 Å². The third-order valence-corrected chi connectivity index (χ3v) is 8.08. The molecule has 0 bridgehead atoms. The Hall–Kier alpha value is 0.0800. The first-order chi connectivity index (χ1) is 16.0. The molecule has 1 saturated carbocycles. The van der Waals surface area contributed by atoms with E-state index in [1.54, 1.807) is 11.3 Å². The molecule has 31 heavy (non-hydrogen) atoms. The monoisotopic (exact) mass is 510 g/mol. The van der Waals surface area contributed by atoms with Crippen LogP contribution in [0, 0.1) is 18.8 Å². The maximum atomic E-state index is 10.7. The molecule has 1 aromatic rings. The molecule has 1 aliphatic rings. The zero-order valence-corrected chi connectivity index (χ0v) is 22.1. The quantitative estimate of drug-likeness (QED) is 0.155. The zero-order chi connectivity index (χ0) is 24.1. The van der Waals surface area contributed by atoms with Gasteiger partial charge in [-0.2, -0.15) is 0 Å². The van der Waals surface area contributed by atoms with Crippen molar-refractivity contribution in [1.29, 1.82) is 2.56 Å². The second-order valence-electron chi connectivity index (χ2n) is 8.24. The lowest BCUT2D eigenvalue weighted by atomic mass is 9.87. The molecule has 0 amide bonds. The van der Waals surface area contributed by atoms with Crippen LogP contribution in [-0.4, -0.2) is 31.9 Å². The predicted octanol–water partition coefficient (Wildman–Crippen LogP) is 6.13. The van der Waals surface area contributed by atoms with Gasteiger partial charge in [-0.05, 0) is 55.5 Å². The van der Waals surface area contributed by atoms with Gasteiger partial charge in [-0.1, -0.05) is 31.4 Å². The minimum Gasteiger partial charge on any atom is -0.481 e. The van der Waals surface area contributed by atoms with E-state index in [2.05, 4.69) is 40.0 Å². The van der Waals surface area contributed by atoms with Crippen LogP contribution in [0.25, 0.3) is 0 Å². The average molecular weight is 511 g/mol. The first-order valence-electron chi connectivity index (χ1n) is 11.9.